The monoisotopic (exact) mass is 252 g/mol. The van der Waals surface area contributed by atoms with Crippen LogP contribution in [0, 0.1) is 5.92 Å². The Balaban J connectivity index is 1.77. The molecule has 96 valence electrons. The van der Waals surface area contributed by atoms with Crippen LogP contribution in [0.25, 0.3) is 0 Å². The highest BCUT2D eigenvalue weighted by Gasteiger charge is 2.23. The van der Waals surface area contributed by atoms with Crippen molar-refractivity contribution < 1.29 is 0 Å². The minimum absolute atomic E-state index is 0.705. The molecule has 0 amide bonds. The quantitative estimate of drug-likeness (QED) is 0.837. The van der Waals surface area contributed by atoms with Gasteiger partial charge in [0.25, 0.3) is 0 Å². The molecule has 1 N–H and O–H groups in total. The molecule has 1 aliphatic rings. The Morgan fingerprint density at radius 2 is 2.12 bits per heavy atom. The maximum absolute atomic E-state index is 3.61. The molecule has 0 radical (unpaired) electrons. The molecule has 0 spiro atoms. The molecule has 17 heavy (non-hydrogen) atoms. The Hall–Kier alpha value is -0.380. The van der Waals surface area contributed by atoms with Crippen molar-refractivity contribution in [1.29, 1.82) is 0 Å². The van der Waals surface area contributed by atoms with Crippen LogP contribution in [0.3, 0.4) is 0 Å². The molecule has 2 rings (SSSR count). The van der Waals surface area contributed by atoms with Crippen LogP contribution in [-0.2, 0) is 6.54 Å². The Bertz CT molecular complexity index is 302. The normalized spacial score (nSPS) is 19.0. The van der Waals surface area contributed by atoms with Gasteiger partial charge in [-0.15, -0.1) is 0 Å². The second-order valence-corrected chi connectivity index (χ2v) is 6.10. The van der Waals surface area contributed by atoms with Gasteiger partial charge in [-0.05, 0) is 54.2 Å². The topological polar surface area (TPSA) is 15.3 Å². The standard InChI is InChI=1S/C14H24N2S/c1-12(2)14(16-6-3-4-7-16)10-15-9-13-5-8-17-11-13/h5,8,11-12,14-15H,3-4,6-7,9-10H2,1-2H3. The Morgan fingerprint density at radius 1 is 1.35 bits per heavy atom. The fraction of sp³-hybridized carbons (Fsp3) is 0.714. The lowest BCUT2D eigenvalue weighted by atomic mass is 10.0. The summed E-state index contributed by atoms with van der Waals surface area (Å²) in [5.74, 6) is 0.739. The van der Waals surface area contributed by atoms with E-state index < -0.39 is 0 Å². The average Bonchev–Trinajstić information content (AvgIpc) is 2.96. The summed E-state index contributed by atoms with van der Waals surface area (Å²) in [6, 6.07) is 2.91. The van der Waals surface area contributed by atoms with Crippen molar-refractivity contribution in [3.05, 3.63) is 22.4 Å². The van der Waals surface area contributed by atoms with E-state index in [9.17, 15) is 0 Å². The molecule has 0 aliphatic carbocycles. The zero-order chi connectivity index (χ0) is 12.1. The van der Waals surface area contributed by atoms with Crippen LogP contribution >= 0.6 is 11.3 Å². The molecule has 1 fully saturated rings. The molecular weight excluding hydrogens is 228 g/mol. The van der Waals surface area contributed by atoms with Gasteiger partial charge in [0.2, 0.25) is 0 Å². The highest BCUT2D eigenvalue weighted by atomic mass is 32.1. The third kappa shape index (κ3) is 3.80. The fourth-order valence-electron chi connectivity index (χ4n) is 2.62. The van der Waals surface area contributed by atoms with E-state index in [-0.39, 0.29) is 0 Å². The molecule has 0 aromatic carbocycles. The van der Waals surface area contributed by atoms with Gasteiger partial charge in [0.15, 0.2) is 0 Å². The zero-order valence-corrected chi connectivity index (χ0v) is 11.8. The van der Waals surface area contributed by atoms with Crippen LogP contribution in [-0.4, -0.2) is 30.6 Å². The van der Waals surface area contributed by atoms with Gasteiger partial charge in [-0.3, -0.25) is 4.90 Å². The summed E-state index contributed by atoms with van der Waals surface area (Å²) in [7, 11) is 0. The maximum Gasteiger partial charge on any atom is 0.0243 e. The van der Waals surface area contributed by atoms with E-state index in [4.69, 9.17) is 0 Å². The number of rotatable bonds is 6. The first-order chi connectivity index (χ1) is 8.27. The van der Waals surface area contributed by atoms with Crippen molar-refractivity contribution in [3.8, 4) is 0 Å². The third-order valence-corrected chi connectivity index (χ3v) is 4.37. The number of likely N-dealkylation sites (tertiary alicyclic amines) is 1. The number of hydrogen-bond acceptors (Lipinski definition) is 3. The van der Waals surface area contributed by atoms with Crippen LogP contribution in [0.15, 0.2) is 16.8 Å². The molecule has 1 aromatic heterocycles. The van der Waals surface area contributed by atoms with Gasteiger partial charge in [-0.25, -0.2) is 0 Å². The second-order valence-electron chi connectivity index (χ2n) is 5.32. The molecule has 3 heteroatoms. The van der Waals surface area contributed by atoms with Gasteiger partial charge < -0.3 is 5.32 Å². The fourth-order valence-corrected chi connectivity index (χ4v) is 3.29. The number of thiophene rings is 1. The van der Waals surface area contributed by atoms with E-state index >= 15 is 0 Å². The largest absolute Gasteiger partial charge is 0.311 e. The molecule has 1 aromatic rings. The maximum atomic E-state index is 3.61. The van der Waals surface area contributed by atoms with Crippen molar-refractivity contribution in [2.24, 2.45) is 5.92 Å². The van der Waals surface area contributed by atoms with Crippen molar-refractivity contribution in [1.82, 2.24) is 10.2 Å². The van der Waals surface area contributed by atoms with Gasteiger partial charge in [0.05, 0.1) is 0 Å². The van der Waals surface area contributed by atoms with Crippen LogP contribution in [0.1, 0.15) is 32.3 Å². The van der Waals surface area contributed by atoms with Gasteiger partial charge >= 0.3 is 0 Å². The Kier molecular flexibility index (Phi) is 5.01. The smallest absolute Gasteiger partial charge is 0.0243 e. The molecule has 1 unspecified atom stereocenters. The SMILES string of the molecule is CC(C)C(CNCc1ccsc1)N1CCCC1. The average molecular weight is 252 g/mol. The van der Waals surface area contributed by atoms with Crippen molar-refractivity contribution in [3.63, 3.8) is 0 Å². The van der Waals surface area contributed by atoms with E-state index in [1.54, 1.807) is 11.3 Å². The van der Waals surface area contributed by atoms with Crippen LogP contribution in [0.4, 0.5) is 0 Å². The van der Waals surface area contributed by atoms with Crippen molar-refractivity contribution in [2.75, 3.05) is 19.6 Å². The lowest BCUT2D eigenvalue weighted by molar-refractivity contribution is 0.186. The first-order valence-corrected chi connectivity index (χ1v) is 7.67. The molecule has 1 aliphatic heterocycles. The van der Waals surface area contributed by atoms with Gasteiger partial charge in [-0.1, -0.05) is 13.8 Å². The predicted molar refractivity (Wildman–Crippen MR) is 75.5 cm³/mol. The number of hydrogen-bond donors (Lipinski definition) is 1. The van der Waals surface area contributed by atoms with Gasteiger partial charge in [0.1, 0.15) is 0 Å². The molecule has 0 bridgehead atoms. The highest BCUT2D eigenvalue weighted by Crippen LogP contribution is 2.17. The number of nitrogens with zero attached hydrogens (tertiary/aromatic N) is 1. The summed E-state index contributed by atoms with van der Waals surface area (Å²) in [6.07, 6.45) is 2.77. The van der Waals surface area contributed by atoms with E-state index in [0.717, 1.165) is 19.0 Å². The third-order valence-electron chi connectivity index (χ3n) is 3.64. The molecule has 0 saturated carbocycles. The summed E-state index contributed by atoms with van der Waals surface area (Å²) in [4.78, 5) is 2.66. The van der Waals surface area contributed by atoms with E-state index in [2.05, 4.69) is 40.9 Å². The van der Waals surface area contributed by atoms with Crippen LogP contribution in [0.2, 0.25) is 0 Å². The van der Waals surface area contributed by atoms with Crippen molar-refractivity contribution >= 4 is 11.3 Å². The lowest BCUT2D eigenvalue weighted by Crippen LogP contribution is -2.44. The molecule has 1 saturated heterocycles. The zero-order valence-electron chi connectivity index (χ0n) is 11.0. The molecule has 2 nitrogen and oxygen atoms in total. The molecular formula is C14H24N2S. The first kappa shape index (κ1) is 13.1. The van der Waals surface area contributed by atoms with E-state index in [1.165, 1.54) is 31.5 Å². The number of nitrogens with one attached hydrogen (secondary N) is 1. The summed E-state index contributed by atoms with van der Waals surface area (Å²) >= 11 is 1.78. The van der Waals surface area contributed by atoms with E-state index in [1.807, 2.05) is 0 Å². The lowest BCUT2D eigenvalue weighted by Gasteiger charge is -2.31. The van der Waals surface area contributed by atoms with Gasteiger partial charge in [-0.2, -0.15) is 11.3 Å². The molecule has 1 atom stereocenters. The Labute approximate surface area is 109 Å². The minimum Gasteiger partial charge on any atom is -0.311 e. The second kappa shape index (κ2) is 6.53. The summed E-state index contributed by atoms with van der Waals surface area (Å²) < 4.78 is 0. The molecule has 2 heterocycles. The highest BCUT2D eigenvalue weighted by molar-refractivity contribution is 7.07. The first-order valence-electron chi connectivity index (χ1n) is 6.73. The summed E-state index contributed by atoms with van der Waals surface area (Å²) in [5, 5.41) is 7.99. The van der Waals surface area contributed by atoms with Crippen molar-refractivity contribution in [2.45, 2.75) is 39.3 Å². The summed E-state index contributed by atoms with van der Waals surface area (Å²) in [5.41, 5.74) is 1.42. The Morgan fingerprint density at radius 3 is 2.71 bits per heavy atom. The van der Waals surface area contributed by atoms with E-state index in [0.29, 0.717) is 6.04 Å². The minimum atomic E-state index is 0.705. The van der Waals surface area contributed by atoms with Crippen LogP contribution in [0.5, 0.6) is 0 Å². The van der Waals surface area contributed by atoms with Crippen LogP contribution < -0.4 is 5.32 Å². The summed E-state index contributed by atoms with van der Waals surface area (Å²) in [6.45, 7) is 9.41. The van der Waals surface area contributed by atoms with Gasteiger partial charge in [0, 0.05) is 19.1 Å². The predicted octanol–water partition coefficient (Wildman–Crippen LogP) is 2.96.